The molecule has 0 unspecified atom stereocenters. The highest BCUT2D eigenvalue weighted by Crippen LogP contribution is 2.52. The van der Waals surface area contributed by atoms with Crippen LogP contribution in [-0.2, 0) is 14.3 Å². The Labute approximate surface area is 162 Å². The molecule has 0 radical (unpaired) electrons. The first-order valence-corrected chi connectivity index (χ1v) is 9.79. The van der Waals surface area contributed by atoms with Crippen molar-refractivity contribution in [2.75, 3.05) is 13.7 Å². The van der Waals surface area contributed by atoms with Crippen LogP contribution in [0, 0.1) is 23.7 Å². The lowest BCUT2D eigenvalue weighted by Gasteiger charge is -2.47. The number of hydrogen-bond donors (Lipinski definition) is 0. The van der Waals surface area contributed by atoms with Crippen LogP contribution in [0.2, 0.25) is 0 Å². The first kappa shape index (κ1) is 19.7. The molecule has 4 heteroatoms. The van der Waals surface area contributed by atoms with Gasteiger partial charge in [-0.15, -0.1) is 0 Å². The van der Waals surface area contributed by atoms with Crippen LogP contribution >= 0.6 is 0 Å². The summed E-state index contributed by atoms with van der Waals surface area (Å²) >= 11 is 0. The molecule has 0 amide bonds. The number of ether oxygens (including phenoxy) is 3. The van der Waals surface area contributed by atoms with Gasteiger partial charge in [-0.2, -0.15) is 0 Å². The molecule has 0 fully saturated rings. The lowest BCUT2D eigenvalue weighted by atomic mass is 9.60. The molecule has 0 saturated carbocycles. The second-order valence-electron chi connectivity index (χ2n) is 7.80. The van der Waals surface area contributed by atoms with E-state index in [-0.39, 0.29) is 30.0 Å². The number of hydrogen-bond acceptors (Lipinski definition) is 4. The number of rotatable bonds is 6. The van der Waals surface area contributed by atoms with E-state index in [0.29, 0.717) is 12.5 Å². The Morgan fingerprint density at radius 3 is 2.48 bits per heavy atom. The fourth-order valence-electron chi connectivity index (χ4n) is 4.72. The molecule has 1 aliphatic carbocycles. The Bertz CT molecular complexity index is 716. The highest BCUT2D eigenvalue weighted by atomic mass is 16.7. The van der Waals surface area contributed by atoms with Gasteiger partial charge < -0.3 is 14.2 Å². The van der Waals surface area contributed by atoms with Crippen molar-refractivity contribution in [3.63, 3.8) is 0 Å². The number of carbonyl (C=O) groups is 1. The Morgan fingerprint density at radius 1 is 1.22 bits per heavy atom. The summed E-state index contributed by atoms with van der Waals surface area (Å²) < 4.78 is 17.0. The molecule has 0 aromatic heterocycles. The average molecular weight is 370 g/mol. The molecule has 5 atom stereocenters. The lowest BCUT2D eigenvalue weighted by molar-refractivity contribution is -0.158. The summed E-state index contributed by atoms with van der Waals surface area (Å²) in [6.45, 7) is 9.28. The zero-order chi connectivity index (χ0) is 19.6. The van der Waals surface area contributed by atoms with Crippen LogP contribution in [-0.4, -0.2) is 26.3 Å². The molecule has 1 aliphatic heterocycles. The monoisotopic (exact) mass is 370 g/mol. The van der Waals surface area contributed by atoms with Gasteiger partial charge >= 0.3 is 0 Å². The molecule has 3 rings (SSSR count). The maximum atomic E-state index is 12.0. The maximum Gasteiger partial charge on any atom is 0.202 e. The fourth-order valence-corrected chi connectivity index (χ4v) is 4.72. The summed E-state index contributed by atoms with van der Waals surface area (Å²) in [4.78, 5) is 12.0. The van der Waals surface area contributed by atoms with E-state index in [1.54, 1.807) is 13.4 Å². The molecular formula is C23H30O4. The molecule has 1 heterocycles. The minimum atomic E-state index is -0.243. The Morgan fingerprint density at radius 2 is 1.93 bits per heavy atom. The Balaban J connectivity index is 2.07. The summed E-state index contributed by atoms with van der Waals surface area (Å²) in [6, 6.07) is 8.09. The number of aldehydes is 1. The maximum absolute atomic E-state index is 12.0. The topological polar surface area (TPSA) is 44.8 Å². The van der Waals surface area contributed by atoms with Crippen molar-refractivity contribution in [3.8, 4) is 5.75 Å². The predicted molar refractivity (Wildman–Crippen MR) is 105 cm³/mol. The van der Waals surface area contributed by atoms with Crippen molar-refractivity contribution in [3.05, 3.63) is 53.3 Å². The standard InChI is InChI=1S/C23H30O4/c1-6-26-23-15(4)21-18(13-27-23)11-17(12-24)22(20(21)14(2)3)16-7-9-19(25-5)10-8-16/h7-15,20-23H,6H2,1-5H3/t15-,20+,21-,22+,23-/m1/s1. The molecule has 1 aromatic rings. The van der Waals surface area contributed by atoms with E-state index in [9.17, 15) is 4.79 Å². The normalized spacial score (nSPS) is 30.1. The van der Waals surface area contributed by atoms with Crippen molar-refractivity contribution in [1.29, 1.82) is 0 Å². The van der Waals surface area contributed by atoms with Gasteiger partial charge in [0.15, 0.2) is 0 Å². The van der Waals surface area contributed by atoms with Crippen molar-refractivity contribution in [2.45, 2.75) is 39.9 Å². The van der Waals surface area contributed by atoms with Crippen molar-refractivity contribution >= 4 is 6.29 Å². The Hall–Kier alpha value is -2.07. The highest BCUT2D eigenvalue weighted by Gasteiger charge is 2.46. The zero-order valence-corrected chi connectivity index (χ0v) is 16.8. The van der Waals surface area contributed by atoms with E-state index >= 15 is 0 Å². The van der Waals surface area contributed by atoms with E-state index in [4.69, 9.17) is 14.2 Å². The smallest absolute Gasteiger partial charge is 0.202 e. The van der Waals surface area contributed by atoms with Gasteiger partial charge in [-0.05, 0) is 54.0 Å². The van der Waals surface area contributed by atoms with Crippen molar-refractivity contribution in [2.24, 2.45) is 23.7 Å². The third kappa shape index (κ3) is 3.68. The number of methoxy groups -OCH3 is 1. The van der Waals surface area contributed by atoms with Gasteiger partial charge in [-0.3, -0.25) is 4.79 Å². The molecule has 1 aromatic carbocycles. The van der Waals surface area contributed by atoms with Gasteiger partial charge in [0.25, 0.3) is 0 Å². The summed E-state index contributed by atoms with van der Waals surface area (Å²) in [5.41, 5.74) is 3.06. The van der Waals surface area contributed by atoms with Crippen LogP contribution in [0.5, 0.6) is 5.75 Å². The SMILES string of the molecule is CCO[C@@H]1OC=C2C=C(C=O)[C@H](c3ccc(OC)cc3)[C@@H](C(C)C)[C@@H]2[C@H]1C. The van der Waals surface area contributed by atoms with Gasteiger partial charge in [-0.25, -0.2) is 0 Å². The van der Waals surface area contributed by atoms with Crippen LogP contribution in [0.4, 0.5) is 0 Å². The van der Waals surface area contributed by atoms with Crippen LogP contribution in [0.3, 0.4) is 0 Å². The largest absolute Gasteiger partial charge is 0.497 e. The van der Waals surface area contributed by atoms with Gasteiger partial charge in [0.1, 0.15) is 12.0 Å². The van der Waals surface area contributed by atoms with E-state index < -0.39 is 0 Å². The summed E-state index contributed by atoms with van der Waals surface area (Å²) in [5.74, 6) is 2.06. The average Bonchev–Trinajstić information content (AvgIpc) is 2.68. The third-order valence-electron chi connectivity index (χ3n) is 5.92. The molecule has 4 nitrogen and oxygen atoms in total. The number of carbonyl (C=O) groups excluding carboxylic acids is 1. The summed E-state index contributed by atoms with van der Waals surface area (Å²) in [5, 5.41) is 0. The quantitative estimate of drug-likeness (QED) is 0.680. The highest BCUT2D eigenvalue weighted by molar-refractivity contribution is 5.78. The summed E-state index contributed by atoms with van der Waals surface area (Å²) in [7, 11) is 1.66. The Kier molecular flexibility index (Phi) is 6.05. The van der Waals surface area contributed by atoms with E-state index in [1.807, 2.05) is 25.1 Å². The minimum Gasteiger partial charge on any atom is -0.497 e. The van der Waals surface area contributed by atoms with Crippen molar-refractivity contribution in [1.82, 2.24) is 0 Å². The zero-order valence-electron chi connectivity index (χ0n) is 16.8. The van der Waals surface area contributed by atoms with Crippen LogP contribution in [0.1, 0.15) is 39.2 Å². The predicted octanol–water partition coefficient (Wildman–Crippen LogP) is 4.72. The van der Waals surface area contributed by atoms with Gasteiger partial charge in [0.2, 0.25) is 6.29 Å². The van der Waals surface area contributed by atoms with Crippen LogP contribution in [0.15, 0.2) is 47.7 Å². The van der Waals surface area contributed by atoms with Gasteiger partial charge in [0, 0.05) is 24.0 Å². The first-order valence-electron chi connectivity index (χ1n) is 9.79. The van der Waals surface area contributed by atoms with Gasteiger partial charge in [-0.1, -0.05) is 32.9 Å². The third-order valence-corrected chi connectivity index (χ3v) is 5.92. The molecule has 146 valence electrons. The molecule has 2 aliphatic rings. The number of allylic oxidation sites excluding steroid dienone is 3. The molecule has 0 bridgehead atoms. The van der Waals surface area contributed by atoms with Crippen molar-refractivity contribution < 1.29 is 19.0 Å². The second-order valence-corrected chi connectivity index (χ2v) is 7.80. The van der Waals surface area contributed by atoms with Gasteiger partial charge in [0.05, 0.1) is 13.4 Å². The van der Waals surface area contributed by atoms with Crippen LogP contribution in [0.25, 0.3) is 0 Å². The van der Waals surface area contributed by atoms with E-state index in [2.05, 4.69) is 32.9 Å². The van der Waals surface area contributed by atoms with Crippen LogP contribution < -0.4 is 4.74 Å². The number of fused-ring (bicyclic) bond motifs is 1. The second kappa shape index (κ2) is 8.30. The minimum absolute atomic E-state index is 0.0541. The molecule has 0 spiro atoms. The molecule has 0 N–H and O–H groups in total. The van der Waals surface area contributed by atoms with E-state index in [1.165, 1.54) is 0 Å². The molecule has 27 heavy (non-hydrogen) atoms. The first-order chi connectivity index (χ1) is 13.0. The summed E-state index contributed by atoms with van der Waals surface area (Å²) in [6.07, 6.45) is 4.58. The van der Waals surface area contributed by atoms with E-state index in [0.717, 1.165) is 28.7 Å². The molecular weight excluding hydrogens is 340 g/mol. The fraction of sp³-hybridized carbons (Fsp3) is 0.522. The molecule has 0 saturated heterocycles. The lowest BCUT2D eigenvalue weighted by Crippen LogP contribution is -2.43. The number of benzene rings is 1.